The fraction of sp³-hybridized carbons (Fsp3) is 0.130. The summed E-state index contributed by atoms with van der Waals surface area (Å²) in [5.41, 5.74) is 2.94. The molecule has 9 heteroatoms. The highest BCUT2D eigenvalue weighted by Gasteiger charge is 2.17. The van der Waals surface area contributed by atoms with Crippen molar-refractivity contribution in [1.82, 2.24) is 5.32 Å². The summed E-state index contributed by atoms with van der Waals surface area (Å²) in [5.74, 6) is -0.955. The van der Waals surface area contributed by atoms with E-state index in [0.717, 1.165) is 11.1 Å². The predicted octanol–water partition coefficient (Wildman–Crippen LogP) is 4.13. The number of anilines is 2. The average molecular weight is 472 g/mol. The molecule has 3 aromatic rings. The van der Waals surface area contributed by atoms with E-state index in [2.05, 4.69) is 15.4 Å². The van der Waals surface area contributed by atoms with Crippen molar-refractivity contribution >= 4 is 44.8 Å². The second-order valence-corrected chi connectivity index (χ2v) is 9.26. The van der Waals surface area contributed by atoms with Crippen molar-refractivity contribution in [3.05, 3.63) is 88.4 Å². The van der Waals surface area contributed by atoms with Crippen molar-refractivity contribution in [3.8, 4) is 0 Å². The molecule has 3 aromatic carbocycles. The van der Waals surface area contributed by atoms with E-state index >= 15 is 0 Å². The van der Waals surface area contributed by atoms with Gasteiger partial charge in [-0.2, -0.15) is 0 Å². The van der Waals surface area contributed by atoms with E-state index in [-0.39, 0.29) is 22.9 Å². The lowest BCUT2D eigenvalue weighted by Gasteiger charge is -2.12. The van der Waals surface area contributed by atoms with E-state index in [0.29, 0.717) is 16.4 Å². The van der Waals surface area contributed by atoms with Gasteiger partial charge in [0.2, 0.25) is 5.91 Å². The van der Waals surface area contributed by atoms with Gasteiger partial charge in [0.05, 0.1) is 17.1 Å². The molecule has 166 valence electrons. The van der Waals surface area contributed by atoms with Crippen LogP contribution in [0.25, 0.3) is 0 Å². The molecular weight excluding hydrogens is 450 g/mol. The zero-order chi connectivity index (χ0) is 23.3. The largest absolute Gasteiger partial charge is 0.343 e. The van der Waals surface area contributed by atoms with E-state index in [9.17, 15) is 18.0 Å². The van der Waals surface area contributed by atoms with Crippen LogP contribution >= 0.6 is 11.6 Å². The Morgan fingerprint density at radius 3 is 2.25 bits per heavy atom. The quantitative estimate of drug-likeness (QED) is 0.482. The first kappa shape index (κ1) is 23.3. The number of hydrogen-bond acceptors (Lipinski definition) is 4. The summed E-state index contributed by atoms with van der Waals surface area (Å²) in [5, 5.41) is 5.68. The van der Waals surface area contributed by atoms with E-state index in [1.165, 1.54) is 30.3 Å². The molecule has 0 fully saturated rings. The minimum Gasteiger partial charge on any atom is -0.343 e. The Labute approximate surface area is 191 Å². The van der Waals surface area contributed by atoms with Crippen LogP contribution < -0.4 is 15.4 Å². The van der Waals surface area contributed by atoms with Crippen LogP contribution in [-0.2, 0) is 14.8 Å². The van der Waals surface area contributed by atoms with Crippen molar-refractivity contribution < 1.29 is 18.0 Å². The van der Waals surface area contributed by atoms with Crippen LogP contribution in [-0.4, -0.2) is 26.8 Å². The summed E-state index contributed by atoms with van der Waals surface area (Å²) in [6.07, 6.45) is 0. The predicted molar refractivity (Wildman–Crippen MR) is 126 cm³/mol. The lowest BCUT2D eigenvalue weighted by atomic mass is 10.1. The molecule has 0 atom stereocenters. The highest BCUT2D eigenvalue weighted by Crippen LogP contribution is 2.21. The molecule has 0 saturated heterocycles. The van der Waals surface area contributed by atoms with Gasteiger partial charge in [-0.15, -0.1) is 0 Å². The maximum atomic E-state index is 12.7. The number of nitrogens with one attached hydrogen (secondary N) is 3. The Balaban J connectivity index is 1.66. The monoisotopic (exact) mass is 471 g/mol. The second kappa shape index (κ2) is 9.84. The van der Waals surface area contributed by atoms with Gasteiger partial charge in [0.25, 0.3) is 15.9 Å². The number of para-hydroxylation sites is 1. The summed E-state index contributed by atoms with van der Waals surface area (Å²) in [7, 11) is -3.94. The Morgan fingerprint density at radius 2 is 1.56 bits per heavy atom. The van der Waals surface area contributed by atoms with Gasteiger partial charge in [-0.25, -0.2) is 8.42 Å². The molecule has 0 aliphatic carbocycles. The number of carbonyl (C=O) groups excluding carboxylic acids is 2. The van der Waals surface area contributed by atoms with Crippen LogP contribution in [0.3, 0.4) is 0 Å². The van der Waals surface area contributed by atoms with Crippen LogP contribution in [0, 0.1) is 13.8 Å². The van der Waals surface area contributed by atoms with Gasteiger partial charge in [-0.05, 0) is 61.4 Å². The average Bonchev–Trinajstić information content (AvgIpc) is 2.74. The van der Waals surface area contributed by atoms with Gasteiger partial charge >= 0.3 is 0 Å². The molecule has 2 amide bonds. The molecule has 3 N–H and O–H groups in total. The molecule has 0 aromatic heterocycles. The maximum Gasteiger partial charge on any atom is 0.261 e. The lowest BCUT2D eigenvalue weighted by Crippen LogP contribution is -2.33. The van der Waals surface area contributed by atoms with Crippen LogP contribution in [0.2, 0.25) is 5.02 Å². The van der Waals surface area contributed by atoms with Gasteiger partial charge in [0, 0.05) is 16.3 Å². The van der Waals surface area contributed by atoms with Crippen LogP contribution in [0.4, 0.5) is 11.4 Å². The zero-order valence-electron chi connectivity index (χ0n) is 17.5. The number of amides is 2. The van der Waals surface area contributed by atoms with Crippen molar-refractivity contribution in [1.29, 1.82) is 0 Å². The normalized spacial score (nSPS) is 11.0. The summed E-state index contributed by atoms with van der Waals surface area (Å²) >= 11 is 5.89. The summed E-state index contributed by atoms with van der Waals surface area (Å²) in [6, 6.07) is 17.5. The molecule has 3 rings (SSSR count). The van der Waals surface area contributed by atoms with Gasteiger partial charge in [-0.1, -0.05) is 41.9 Å². The number of benzene rings is 3. The van der Waals surface area contributed by atoms with E-state index < -0.39 is 15.9 Å². The third-order valence-corrected chi connectivity index (χ3v) is 6.25. The number of halogens is 1. The maximum absolute atomic E-state index is 12.7. The van der Waals surface area contributed by atoms with Crippen molar-refractivity contribution in [2.45, 2.75) is 18.7 Å². The molecule has 0 unspecified atom stereocenters. The van der Waals surface area contributed by atoms with Crippen molar-refractivity contribution in [2.75, 3.05) is 16.6 Å². The van der Waals surface area contributed by atoms with E-state index in [1.54, 1.807) is 18.2 Å². The number of aryl methyl sites for hydroxylation is 2. The first-order valence-corrected chi connectivity index (χ1v) is 11.5. The molecule has 0 radical (unpaired) electrons. The van der Waals surface area contributed by atoms with E-state index in [4.69, 9.17) is 11.6 Å². The fourth-order valence-electron chi connectivity index (χ4n) is 3.03. The van der Waals surface area contributed by atoms with Gasteiger partial charge in [-0.3, -0.25) is 14.3 Å². The number of rotatable bonds is 7. The first-order valence-electron chi connectivity index (χ1n) is 9.68. The Bertz CT molecular complexity index is 1260. The van der Waals surface area contributed by atoms with E-state index in [1.807, 2.05) is 32.0 Å². The third kappa shape index (κ3) is 5.87. The number of hydrogen-bond donors (Lipinski definition) is 3. The topological polar surface area (TPSA) is 104 Å². The second-order valence-electron chi connectivity index (χ2n) is 7.14. The molecule has 0 saturated carbocycles. The molecule has 0 aliphatic heterocycles. The molecule has 0 aliphatic rings. The molecular formula is C23H22ClN3O4S. The third-order valence-electron chi connectivity index (χ3n) is 4.64. The molecule has 0 bridgehead atoms. The molecule has 0 heterocycles. The van der Waals surface area contributed by atoms with Crippen molar-refractivity contribution in [3.63, 3.8) is 0 Å². The highest BCUT2D eigenvalue weighted by molar-refractivity contribution is 7.92. The number of sulfonamides is 1. The standard InChI is InChI=1S/C23H22ClN3O4S/c1-15-6-3-7-16(2)22(15)26-21(28)14-25-23(29)17-8-4-11-20(12-17)32(30,31)27-19-10-5-9-18(24)13-19/h3-13,27H,14H2,1-2H3,(H,25,29)(H,26,28). The zero-order valence-corrected chi connectivity index (χ0v) is 19.0. The van der Waals surface area contributed by atoms with Crippen LogP contribution in [0.15, 0.2) is 71.6 Å². The Hall–Kier alpha value is -3.36. The van der Waals surface area contributed by atoms with Crippen LogP contribution in [0.1, 0.15) is 21.5 Å². The summed E-state index contributed by atoms with van der Waals surface area (Å²) < 4.78 is 27.8. The Morgan fingerprint density at radius 1 is 0.906 bits per heavy atom. The van der Waals surface area contributed by atoms with Crippen LogP contribution in [0.5, 0.6) is 0 Å². The fourth-order valence-corrected chi connectivity index (χ4v) is 4.31. The molecule has 7 nitrogen and oxygen atoms in total. The van der Waals surface area contributed by atoms with Gasteiger partial charge in [0.15, 0.2) is 0 Å². The van der Waals surface area contributed by atoms with Gasteiger partial charge < -0.3 is 10.6 Å². The SMILES string of the molecule is Cc1cccc(C)c1NC(=O)CNC(=O)c1cccc(S(=O)(=O)Nc2cccc(Cl)c2)c1. The highest BCUT2D eigenvalue weighted by atomic mass is 35.5. The smallest absolute Gasteiger partial charge is 0.261 e. The van der Waals surface area contributed by atoms with Gasteiger partial charge in [0.1, 0.15) is 0 Å². The lowest BCUT2D eigenvalue weighted by molar-refractivity contribution is -0.115. The summed E-state index contributed by atoms with van der Waals surface area (Å²) in [6.45, 7) is 3.50. The first-order chi connectivity index (χ1) is 15.2. The molecule has 32 heavy (non-hydrogen) atoms. The summed E-state index contributed by atoms with van der Waals surface area (Å²) in [4.78, 5) is 24.7. The Kier molecular flexibility index (Phi) is 7.17. The number of carbonyl (C=O) groups is 2. The van der Waals surface area contributed by atoms with Crippen molar-refractivity contribution in [2.24, 2.45) is 0 Å². The minimum atomic E-state index is -3.94. The molecule has 0 spiro atoms. The minimum absolute atomic E-state index is 0.0925.